The summed E-state index contributed by atoms with van der Waals surface area (Å²) in [5.74, 6) is -0.566. The van der Waals surface area contributed by atoms with Gasteiger partial charge < -0.3 is 31.1 Å². The predicted octanol–water partition coefficient (Wildman–Crippen LogP) is 5.76. The van der Waals surface area contributed by atoms with Crippen LogP contribution in [0.25, 0.3) is 0 Å². The molecule has 1 aromatic rings. The molecular weight excluding hydrogens is 600 g/mol. The maximum absolute atomic E-state index is 12.3. The van der Waals surface area contributed by atoms with Gasteiger partial charge in [0.25, 0.3) is 0 Å². The van der Waals surface area contributed by atoms with Crippen LogP contribution in [0.15, 0.2) is 89.1 Å². The van der Waals surface area contributed by atoms with E-state index in [1.165, 1.54) is 11.1 Å². The number of hydrogen-bond acceptors (Lipinski definition) is 7. The average molecular weight is 663 g/mol. The van der Waals surface area contributed by atoms with Crippen LogP contribution in [0.5, 0.6) is 0 Å². The first kappa shape index (κ1) is 39.8. The summed E-state index contributed by atoms with van der Waals surface area (Å²) in [6.45, 7) is 11.7. The molecule has 0 saturated heterocycles. The third kappa shape index (κ3) is 9.96. The highest BCUT2D eigenvalue weighted by molar-refractivity contribution is 5.74. The number of carbonyl (C=O) groups is 1. The molecule has 2 aliphatic rings. The molecule has 6 atom stereocenters. The smallest absolute Gasteiger partial charge is 0.145 e. The number of aldehydes is 1. The summed E-state index contributed by atoms with van der Waals surface area (Å²) in [5.41, 5.74) is 3.95. The normalized spacial score (nSPS) is 28.3. The third-order valence-corrected chi connectivity index (χ3v) is 11.0. The lowest BCUT2D eigenvalue weighted by Crippen LogP contribution is -2.61. The number of hydrogen-bond donors (Lipinski definition) is 6. The average Bonchev–Trinajstić information content (AvgIpc) is 3.43. The van der Waals surface area contributed by atoms with Crippen molar-refractivity contribution in [3.8, 4) is 0 Å². The van der Waals surface area contributed by atoms with Crippen molar-refractivity contribution >= 4 is 6.29 Å². The SMILES string of the molecule is C=C(/C=C/C=C(/CO)[C@@H]1CC[C@]2([C@@H]1O)[C@@H](CCCO)/C(=C(/C)C=O)CC[C@]2(O)CCNC)CC/C=C(\C)CN[C@H](C)Cc1ccccc1. The summed E-state index contributed by atoms with van der Waals surface area (Å²) in [4.78, 5) is 11.9. The highest BCUT2D eigenvalue weighted by atomic mass is 16.3. The molecule has 7 heteroatoms. The standard InChI is InChI=1S/C41H62N2O5/c1-30(12-9-14-31(2)27-43-33(4)26-34-15-7-6-8-16-34)13-10-17-35(29-46)37-20-22-41(39(37)47)38(18-11-25-44)36(32(3)28-45)19-21-40(41,48)23-24-42-5/h6-8,10,13-17,28,33,37-39,42-44,46-48H,1,9,11-12,18-27,29H2,2-5H3/b13-10+,31-14+,35-17-,36-32-/t33-,37+,38+,39-,40+,41-/m1/s1. The van der Waals surface area contributed by atoms with Crippen molar-refractivity contribution in [1.82, 2.24) is 10.6 Å². The zero-order chi connectivity index (χ0) is 35.2. The van der Waals surface area contributed by atoms with Gasteiger partial charge in [0.1, 0.15) is 6.29 Å². The predicted molar refractivity (Wildman–Crippen MR) is 197 cm³/mol. The first-order valence-electron chi connectivity index (χ1n) is 18.0. The maximum atomic E-state index is 12.3. The lowest BCUT2D eigenvalue weighted by Gasteiger charge is -2.57. The minimum atomic E-state index is -1.15. The minimum Gasteiger partial charge on any atom is -0.396 e. The van der Waals surface area contributed by atoms with Crippen molar-refractivity contribution in [1.29, 1.82) is 0 Å². The van der Waals surface area contributed by atoms with Crippen molar-refractivity contribution < 1.29 is 25.2 Å². The maximum Gasteiger partial charge on any atom is 0.145 e. The van der Waals surface area contributed by atoms with Gasteiger partial charge in [-0.05, 0) is 121 Å². The molecule has 1 aromatic carbocycles. The molecule has 0 unspecified atom stereocenters. The molecule has 266 valence electrons. The first-order chi connectivity index (χ1) is 23.1. The van der Waals surface area contributed by atoms with Gasteiger partial charge in [-0.3, -0.25) is 4.79 Å². The van der Waals surface area contributed by atoms with Crippen LogP contribution in [-0.2, 0) is 11.2 Å². The van der Waals surface area contributed by atoms with Gasteiger partial charge in [0.15, 0.2) is 0 Å². The Hall–Kier alpha value is -2.65. The highest BCUT2D eigenvalue weighted by Gasteiger charge is 2.65. The summed E-state index contributed by atoms with van der Waals surface area (Å²) in [6.07, 6.45) is 14.5. The summed E-state index contributed by atoms with van der Waals surface area (Å²) in [5, 5.41) is 51.6. The fourth-order valence-electron chi connectivity index (χ4n) is 8.32. The van der Waals surface area contributed by atoms with Crippen molar-refractivity contribution in [2.45, 2.75) is 103 Å². The van der Waals surface area contributed by atoms with E-state index in [0.717, 1.165) is 48.8 Å². The molecule has 6 N–H and O–H groups in total. The summed E-state index contributed by atoms with van der Waals surface area (Å²) < 4.78 is 0. The molecule has 0 amide bonds. The van der Waals surface area contributed by atoms with E-state index >= 15 is 0 Å². The van der Waals surface area contributed by atoms with Gasteiger partial charge in [0.2, 0.25) is 0 Å². The van der Waals surface area contributed by atoms with E-state index in [2.05, 4.69) is 61.4 Å². The van der Waals surface area contributed by atoms with Crippen LogP contribution in [0.1, 0.15) is 84.1 Å². The molecule has 0 heterocycles. The number of carbonyl (C=O) groups excluding carboxylic acids is 1. The van der Waals surface area contributed by atoms with Crippen molar-refractivity contribution in [2.24, 2.45) is 17.3 Å². The Morgan fingerprint density at radius 1 is 1.17 bits per heavy atom. The third-order valence-electron chi connectivity index (χ3n) is 11.0. The van der Waals surface area contributed by atoms with Gasteiger partial charge in [-0.1, -0.05) is 77.9 Å². The fourth-order valence-corrected chi connectivity index (χ4v) is 8.32. The minimum absolute atomic E-state index is 0.00511. The van der Waals surface area contributed by atoms with Crippen LogP contribution in [0.4, 0.5) is 0 Å². The Bertz CT molecular complexity index is 1300. The van der Waals surface area contributed by atoms with Gasteiger partial charge in [-0.15, -0.1) is 0 Å². The largest absolute Gasteiger partial charge is 0.396 e. The van der Waals surface area contributed by atoms with Crippen molar-refractivity contribution in [3.05, 3.63) is 94.6 Å². The summed E-state index contributed by atoms with van der Waals surface area (Å²) >= 11 is 0. The molecule has 0 aliphatic heterocycles. The van der Waals surface area contributed by atoms with Gasteiger partial charge in [-0.25, -0.2) is 0 Å². The van der Waals surface area contributed by atoms with Crippen LogP contribution in [0.2, 0.25) is 0 Å². The molecule has 7 nitrogen and oxygen atoms in total. The monoisotopic (exact) mass is 662 g/mol. The second kappa shape index (κ2) is 19.5. The lowest BCUT2D eigenvalue weighted by molar-refractivity contribution is -0.180. The Labute approximate surface area is 289 Å². The van der Waals surface area contributed by atoms with E-state index in [4.69, 9.17) is 0 Å². The Balaban J connectivity index is 1.68. The van der Waals surface area contributed by atoms with Crippen molar-refractivity contribution in [2.75, 3.05) is 33.4 Å². The van der Waals surface area contributed by atoms with E-state index < -0.39 is 17.1 Å². The number of aliphatic hydroxyl groups is 4. The van der Waals surface area contributed by atoms with Gasteiger partial charge >= 0.3 is 0 Å². The Morgan fingerprint density at radius 2 is 1.92 bits per heavy atom. The number of nitrogens with one attached hydrogen (secondary N) is 2. The molecule has 3 rings (SSSR count). The van der Waals surface area contributed by atoms with E-state index in [9.17, 15) is 25.2 Å². The zero-order valence-electron chi connectivity index (χ0n) is 29.9. The molecular formula is C41H62N2O5. The number of allylic oxidation sites excluding steroid dienone is 7. The van der Waals surface area contributed by atoms with Crippen LogP contribution in [0.3, 0.4) is 0 Å². The molecule has 0 aromatic heterocycles. The fraction of sp³-hybridized carbons (Fsp3) is 0.585. The summed E-state index contributed by atoms with van der Waals surface area (Å²) in [6, 6.07) is 10.9. The molecule has 2 saturated carbocycles. The zero-order valence-corrected chi connectivity index (χ0v) is 29.9. The quantitative estimate of drug-likeness (QED) is 0.0482. The van der Waals surface area contributed by atoms with Crippen LogP contribution in [-0.4, -0.2) is 77.8 Å². The molecule has 0 radical (unpaired) electrons. The van der Waals surface area contributed by atoms with Gasteiger partial charge in [-0.2, -0.15) is 0 Å². The Morgan fingerprint density at radius 3 is 2.58 bits per heavy atom. The summed E-state index contributed by atoms with van der Waals surface area (Å²) in [7, 11) is 1.86. The second-order valence-corrected chi connectivity index (χ2v) is 14.2. The molecule has 1 spiro atoms. The van der Waals surface area contributed by atoms with E-state index in [1.54, 1.807) is 0 Å². The molecule has 48 heavy (non-hydrogen) atoms. The van der Waals surface area contributed by atoms with Crippen LogP contribution in [0, 0.1) is 17.3 Å². The van der Waals surface area contributed by atoms with E-state index in [0.29, 0.717) is 63.1 Å². The van der Waals surface area contributed by atoms with Crippen LogP contribution < -0.4 is 10.6 Å². The number of rotatable bonds is 19. The number of benzene rings is 1. The molecule has 0 bridgehead atoms. The number of aliphatic hydroxyl groups excluding tert-OH is 3. The van der Waals surface area contributed by atoms with E-state index in [-0.39, 0.29) is 25.0 Å². The lowest BCUT2D eigenvalue weighted by atomic mass is 9.51. The van der Waals surface area contributed by atoms with Crippen molar-refractivity contribution in [3.63, 3.8) is 0 Å². The first-order valence-corrected chi connectivity index (χ1v) is 18.0. The topological polar surface area (TPSA) is 122 Å². The Kier molecular flexibility index (Phi) is 16.2. The van der Waals surface area contributed by atoms with Crippen LogP contribution >= 0.6 is 0 Å². The second-order valence-electron chi connectivity index (χ2n) is 14.2. The van der Waals surface area contributed by atoms with E-state index in [1.807, 2.05) is 38.3 Å². The van der Waals surface area contributed by atoms with Gasteiger partial charge in [0, 0.05) is 30.5 Å². The molecule has 2 fully saturated rings. The highest BCUT2D eigenvalue weighted by Crippen LogP contribution is 2.63. The van der Waals surface area contributed by atoms with Gasteiger partial charge in [0.05, 0.1) is 18.3 Å². The molecule has 2 aliphatic carbocycles.